The average Bonchev–Trinajstić information content (AvgIpc) is 2.62. The van der Waals surface area contributed by atoms with Crippen LogP contribution in [0.3, 0.4) is 0 Å². The zero-order chi connectivity index (χ0) is 9.68. The second-order valence-corrected chi connectivity index (χ2v) is 2.50. The van der Waals surface area contributed by atoms with Gasteiger partial charge < -0.3 is 5.11 Å². The quantitative estimate of drug-likeness (QED) is 0.430. The fraction of sp³-hybridized carbons (Fsp3) is 0.571. The lowest BCUT2D eigenvalue weighted by molar-refractivity contribution is 0.265. The van der Waals surface area contributed by atoms with E-state index >= 15 is 0 Å². The molecule has 1 heterocycles. The Morgan fingerprint density at radius 1 is 1.85 bits per heavy atom. The summed E-state index contributed by atoms with van der Waals surface area (Å²) < 4.78 is 1.71. The van der Waals surface area contributed by atoms with E-state index in [4.69, 9.17) is 10.6 Å². The summed E-state index contributed by atoms with van der Waals surface area (Å²) in [5, 5.41) is 16.4. The molecule has 1 rings (SSSR count). The Bertz CT molecular complexity index is 314. The highest BCUT2D eigenvalue weighted by Gasteiger charge is 2.10. The largest absolute Gasteiger partial charge is 0.396 e. The lowest BCUT2D eigenvalue weighted by Crippen LogP contribution is -2.03. The maximum absolute atomic E-state index is 8.88. The molecule has 1 aromatic heterocycles. The fourth-order valence-corrected chi connectivity index (χ4v) is 0.983. The van der Waals surface area contributed by atoms with Gasteiger partial charge in [0.2, 0.25) is 0 Å². The summed E-state index contributed by atoms with van der Waals surface area (Å²) in [6.07, 6.45) is 1.78. The first kappa shape index (κ1) is 9.57. The van der Waals surface area contributed by atoms with E-state index in [2.05, 4.69) is 15.1 Å². The van der Waals surface area contributed by atoms with Crippen molar-refractivity contribution in [3.8, 4) is 0 Å². The van der Waals surface area contributed by atoms with Crippen LogP contribution in [-0.2, 0) is 6.54 Å². The Morgan fingerprint density at radius 3 is 3.08 bits per heavy atom. The minimum atomic E-state index is -0.571. The van der Waals surface area contributed by atoms with E-state index in [1.165, 1.54) is 0 Å². The third-order valence-electron chi connectivity index (χ3n) is 1.69. The Morgan fingerprint density at radius 2 is 2.62 bits per heavy atom. The lowest BCUT2D eigenvalue weighted by atomic mass is 10.2. The molecular weight excluding hydrogens is 170 g/mol. The van der Waals surface area contributed by atoms with Gasteiger partial charge in [0.05, 0.1) is 12.3 Å². The van der Waals surface area contributed by atoms with Crippen LogP contribution in [0.2, 0.25) is 0 Å². The molecule has 1 atom stereocenters. The molecule has 1 N–H and O–H groups in total. The molecule has 0 fully saturated rings. The number of aliphatic hydroxyl groups excluding tert-OH is 1. The maximum Gasteiger partial charge on any atom is 0.105 e. The number of azide groups is 1. The molecule has 1 unspecified atom stereocenters. The smallest absolute Gasteiger partial charge is 0.105 e. The second-order valence-electron chi connectivity index (χ2n) is 2.50. The SMILES string of the molecule is CCn1ccc(C(CO)N=[N+]=[N-])n1. The van der Waals surface area contributed by atoms with Gasteiger partial charge >= 0.3 is 0 Å². The fourth-order valence-electron chi connectivity index (χ4n) is 0.983. The maximum atomic E-state index is 8.88. The van der Waals surface area contributed by atoms with Crippen LogP contribution in [0.4, 0.5) is 0 Å². The van der Waals surface area contributed by atoms with Crippen molar-refractivity contribution in [1.29, 1.82) is 0 Å². The molecular formula is C7H11N5O. The Kier molecular flexibility index (Phi) is 3.31. The molecule has 0 radical (unpaired) electrons. The van der Waals surface area contributed by atoms with Crippen LogP contribution >= 0.6 is 0 Å². The third-order valence-corrected chi connectivity index (χ3v) is 1.69. The molecule has 0 saturated carbocycles. The van der Waals surface area contributed by atoms with Gasteiger partial charge in [-0.3, -0.25) is 4.68 Å². The van der Waals surface area contributed by atoms with Gasteiger partial charge in [0.25, 0.3) is 0 Å². The van der Waals surface area contributed by atoms with Crippen molar-refractivity contribution in [2.45, 2.75) is 19.5 Å². The van der Waals surface area contributed by atoms with Crippen molar-refractivity contribution in [3.63, 3.8) is 0 Å². The molecule has 0 bridgehead atoms. The van der Waals surface area contributed by atoms with E-state index < -0.39 is 6.04 Å². The summed E-state index contributed by atoms with van der Waals surface area (Å²) in [5.41, 5.74) is 8.80. The lowest BCUT2D eigenvalue weighted by Gasteiger charge is -2.01. The molecule has 0 saturated heterocycles. The molecule has 0 aliphatic heterocycles. The van der Waals surface area contributed by atoms with Crippen molar-refractivity contribution in [2.24, 2.45) is 5.11 Å². The van der Waals surface area contributed by atoms with Gasteiger partial charge in [-0.25, -0.2) is 0 Å². The van der Waals surface area contributed by atoms with Crippen LogP contribution in [0.5, 0.6) is 0 Å². The van der Waals surface area contributed by atoms with Crippen LogP contribution in [0.1, 0.15) is 18.7 Å². The summed E-state index contributed by atoms with van der Waals surface area (Å²) in [6.45, 7) is 2.50. The first-order chi connectivity index (χ1) is 6.31. The highest BCUT2D eigenvalue weighted by atomic mass is 16.3. The number of rotatable bonds is 4. The summed E-state index contributed by atoms with van der Waals surface area (Å²) in [7, 11) is 0. The molecule has 0 aliphatic carbocycles. The van der Waals surface area contributed by atoms with Gasteiger partial charge in [-0.15, -0.1) is 0 Å². The van der Waals surface area contributed by atoms with Crippen molar-refractivity contribution in [1.82, 2.24) is 9.78 Å². The molecule has 13 heavy (non-hydrogen) atoms. The van der Waals surface area contributed by atoms with E-state index in [9.17, 15) is 0 Å². The molecule has 70 valence electrons. The standard InChI is InChI=1S/C7H11N5O/c1-2-12-4-3-6(10-12)7(5-13)9-11-8/h3-4,7,13H,2,5H2,1H3. The van der Waals surface area contributed by atoms with Crippen LogP contribution in [0, 0.1) is 0 Å². The predicted octanol–water partition coefficient (Wildman–Crippen LogP) is 1.25. The Hall–Kier alpha value is -1.52. The van der Waals surface area contributed by atoms with Crippen molar-refractivity contribution in [3.05, 3.63) is 28.4 Å². The number of aliphatic hydroxyl groups is 1. The predicted molar refractivity (Wildman–Crippen MR) is 46.9 cm³/mol. The molecule has 0 spiro atoms. The molecule has 0 aliphatic rings. The van der Waals surface area contributed by atoms with Crippen LogP contribution < -0.4 is 0 Å². The molecule has 0 amide bonds. The van der Waals surface area contributed by atoms with Gasteiger partial charge in [0.15, 0.2) is 0 Å². The third kappa shape index (κ3) is 2.21. The van der Waals surface area contributed by atoms with Crippen molar-refractivity contribution in [2.75, 3.05) is 6.61 Å². The summed E-state index contributed by atoms with van der Waals surface area (Å²) in [4.78, 5) is 2.63. The van der Waals surface area contributed by atoms with Crippen molar-refractivity contribution >= 4 is 0 Å². The minimum absolute atomic E-state index is 0.217. The zero-order valence-electron chi connectivity index (χ0n) is 7.33. The first-order valence-corrected chi connectivity index (χ1v) is 4.00. The minimum Gasteiger partial charge on any atom is -0.396 e. The summed E-state index contributed by atoms with van der Waals surface area (Å²) in [6, 6.07) is 1.16. The van der Waals surface area contributed by atoms with Crippen LogP contribution in [0.25, 0.3) is 10.4 Å². The first-order valence-electron chi connectivity index (χ1n) is 4.00. The van der Waals surface area contributed by atoms with Gasteiger partial charge in [0.1, 0.15) is 6.04 Å². The van der Waals surface area contributed by atoms with Gasteiger partial charge in [-0.1, -0.05) is 5.11 Å². The number of nitrogens with zero attached hydrogens (tertiary/aromatic N) is 5. The van der Waals surface area contributed by atoms with E-state index in [-0.39, 0.29) is 6.61 Å². The summed E-state index contributed by atoms with van der Waals surface area (Å²) >= 11 is 0. The number of aromatic nitrogens is 2. The van der Waals surface area contributed by atoms with E-state index in [1.807, 2.05) is 6.92 Å². The molecule has 6 nitrogen and oxygen atoms in total. The van der Waals surface area contributed by atoms with Crippen LogP contribution in [0.15, 0.2) is 17.4 Å². The molecule has 1 aromatic rings. The van der Waals surface area contributed by atoms with Crippen molar-refractivity contribution < 1.29 is 5.11 Å². The number of hydrogen-bond donors (Lipinski definition) is 1. The second kappa shape index (κ2) is 4.49. The Labute approximate surface area is 75.4 Å². The van der Waals surface area contributed by atoms with E-state index in [0.29, 0.717) is 5.69 Å². The van der Waals surface area contributed by atoms with Gasteiger partial charge in [-0.05, 0) is 18.5 Å². The Balaban J connectivity index is 2.84. The summed E-state index contributed by atoms with van der Waals surface area (Å²) in [5.74, 6) is 0. The van der Waals surface area contributed by atoms with Gasteiger partial charge in [-0.2, -0.15) is 5.10 Å². The van der Waals surface area contributed by atoms with Crippen LogP contribution in [-0.4, -0.2) is 21.5 Å². The number of hydrogen-bond acceptors (Lipinski definition) is 3. The monoisotopic (exact) mass is 181 g/mol. The highest BCUT2D eigenvalue weighted by molar-refractivity contribution is 5.05. The van der Waals surface area contributed by atoms with E-state index in [1.54, 1.807) is 16.9 Å². The molecule has 0 aromatic carbocycles. The molecule has 6 heteroatoms. The number of aryl methyl sites for hydroxylation is 1. The average molecular weight is 181 g/mol. The topological polar surface area (TPSA) is 86.8 Å². The van der Waals surface area contributed by atoms with E-state index in [0.717, 1.165) is 6.54 Å². The van der Waals surface area contributed by atoms with Gasteiger partial charge in [0, 0.05) is 17.7 Å². The highest BCUT2D eigenvalue weighted by Crippen LogP contribution is 2.13. The zero-order valence-corrected chi connectivity index (χ0v) is 7.33. The normalized spacial score (nSPS) is 12.2.